The summed E-state index contributed by atoms with van der Waals surface area (Å²) in [5.74, 6) is 0. The van der Waals surface area contributed by atoms with Crippen LogP contribution < -0.4 is 5.32 Å². The number of nitro groups is 1. The van der Waals surface area contributed by atoms with Gasteiger partial charge in [0.2, 0.25) is 0 Å². The molecule has 3 rings (SSSR count). The molecule has 0 saturated heterocycles. The van der Waals surface area contributed by atoms with Crippen LogP contribution in [-0.2, 0) is 6.54 Å². The van der Waals surface area contributed by atoms with E-state index in [0.717, 1.165) is 5.69 Å². The summed E-state index contributed by atoms with van der Waals surface area (Å²) in [6.45, 7) is 0.406. The van der Waals surface area contributed by atoms with Crippen LogP contribution >= 0.6 is 0 Å². The first-order valence-electron chi connectivity index (χ1n) is 5.78. The summed E-state index contributed by atoms with van der Waals surface area (Å²) in [7, 11) is 0. The van der Waals surface area contributed by atoms with E-state index in [1.165, 1.54) is 18.2 Å². The second kappa shape index (κ2) is 4.92. The van der Waals surface area contributed by atoms with E-state index in [0.29, 0.717) is 17.6 Å². The summed E-state index contributed by atoms with van der Waals surface area (Å²) < 4.78 is 5.43. The van der Waals surface area contributed by atoms with E-state index in [1.54, 1.807) is 12.3 Å². The third-order valence-electron chi connectivity index (χ3n) is 2.63. The number of aromatic nitrogens is 3. The van der Waals surface area contributed by atoms with Gasteiger partial charge in [-0.25, -0.2) is 0 Å². The Kier molecular flexibility index (Phi) is 2.96. The summed E-state index contributed by atoms with van der Waals surface area (Å²) in [6, 6.07) is 8.14. The standard InChI is InChI=1S/C12H9N5O3/c18-17(19)9-3-4-11-10(6-9)15-12(20-11)13-7-8-2-1-5-14-16-8/h1-6H,7H2,(H,13,15). The van der Waals surface area contributed by atoms with Crippen LogP contribution in [0.1, 0.15) is 5.69 Å². The van der Waals surface area contributed by atoms with Gasteiger partial charge in [0.15, 0.2) is 5.58 Å². The van der Waals surface area contributed by atoms with E-state index in [4.69, 9.17) is 4.42 Å². The van der Waals surface area contributed by atoms with Crippen molar-refractivity contribution in [3.05, 3.63) is 52.3 Å². The lowest BCUT2D eigenvalue weighted by molar-refractivity contribution is -0.384. The summed E-state index contributed by atoms with van der Waals surface area (Å²) in [5.41, 5.74) is 1.63. The number of non-ortho nitro benzene ring substituents is 1. The number of hydrogen-bond donors (Lipinski definition) is 1. The fourth-order valence-electron chi connectivity index (χ4n) is 1.70. The SMILES string of the molecule is O=[N+]([O-])c1ccc2oc(NCc3cccnn3)nc2c1. The van der Waals surface area contributed by atoms with Gasteiger partial charge in [0, 0.05) is 18.3 Å². The highest BCUT2D eigenvalue weighted by Gasteiger charge is 2.11. The zero-order valence-electron chi connectivity index (χ0n) is 10.2. The highest BCUT2D eigenvalue weighted by Crippen LogP contribution is 2.23. The van der Waals surface area contributed by atoms with E-state index in [9.17, 15) is 10.1 Å². The smallest absolute Gasteiger partial charge is 0.296 e. The maximum Gasteiger partial charge on any atom is 0.296 e. The number of fused-ring (bicyclic) bond motifs is 1. The number of anilines is 1. The first-order valence-corrected chi connectivity index (χ1v) is 5.78. The van der Waals surface area contributed by atoms with Gasteiger partial charge < -0.3 is 9.73 Å². The number of nitrogens with zero attached hydrogens (tertiary/aromatic N) is 4. The van der Waals surface area contributed by atoms with Crippen molar-refractivity contribution in [2.45, 2.75) is 6.54 Å². The van der Waals surface area contributed by atoms with Crippen LogP contribution in [0.2, 0.25) is 0 Å². The quantitative estimate of drug-likeness (QED) is 0.572. The van der Waals surface area contributed by atoms with Crippen molar-refractivity contribution in [2.24, 2.45) is 0 Å². The molecule has 0 saturated carbocycles. The molecule has 0 bridgehead atoms. The Labute approximate surface area is 112 Å². The molecule has 0 aliphatic heterocycles. The number of benzene rings is 1. The molecule has 0 amide bonds. The molecule has 1 aromatic carbocycles. The van der Waals surface area contributed by atoms with Gasteiger partial charge in [-0.05, 0) is 18.2 Å². The molecule has 3 aromatic rings. The predicted octanol–water partition coefficient (Wildman–Crippen LogP) is 2.14. The Morgan fingerprint density at radius 1 is 1.35 bits per heavy atom. The lowest BCUT2D eigenvalue weighted by Gasteiger charge is -1.98. The minimum Gasteiger partial charge on any atom is -0.424 e. The van der Waals surface area contributed by atoms with Crippen molar-refractivity contribution in [3.8, 4) is 0 Å². The van der Waals surface area contributed by atoms with Crippen molar-refractivity contribution >= 4 is 22.8 Å². The number of oxazole rings is 1. The molecule has 2 heterocycles. The summed E-state index contributed by atoms with van der Waals surface area (Å²) in [6.07, 6.45) is 1.59. The average molecular weight is 271 g/mol. The van der Waals surface area contributed by atoms with Gasteiger partial charge in [-0.3, -0.25) is 10.1 Å². The topological polar surface area (TPSA) is 107 Å². The van der Waals surface area contributed by atoms with Crippen molar-refractivity contribution in [1.82, 2.24) is 15.2 Å². The van der Waals surface area contributed by atoms with Crippen LogP contribution in [0.15, 0.2) is 40.9 Å². The Morgan fingerprint density at radius 2 is 2.25 bits per heavy atom. The molecule has 100 valence electrons. The Hall–Kier alpha value is -3.03. The highest BCUT2D eigenvalue weighted by atomic mass is 16.6. The Bertz CT molecular complexity index is 756. The minimum atomic E-state index is -0.471. The van der Waals surface area contributed by atoms with Crippen LogP contribution in [0.25, 0.3) is 11.1 Å². The molecule has 0 spiro atoms. The number of nitro benzene ring substituents is 1. The van der Waals surface area contributed by atoms with Crippen molar-refractivity contribution in [3.63, 3.8) is 0 Å². The van der Waals surface area contributed by atoms with Crippen LogP contribution in [0.5, 0.6) is 0 Å². The van der Waals surface area contributed by atoms with Gasteiger partial charge in [-0.2, -0.15) is 15.2 Å². The van der Waals surface area contributed by atoms with E-state index >= 15 is 0 Å². The lowest BCUT2D eigenvalue weighted by Crippen LogP contribution is -2.02. The first kappa shape index (κ1) is 12.0. The predicted molar refractivity (Wildman–Crippen MR) is 70.0 cm³/mol. The van der Waals surface area contributed by atoms with Crippen molar-refractivity contribution in [1.29, 1.82) is 0 Å². The largest absolute Gasteiger partial charge is 0.424 e. The van der Waals surface area contributed by atoms with E-state index in [-0.39, 0.29) is 11.7 Å². The third kappa shape index (κ3) is 2.39. The van der Waals surface area contributed by atoms with Gasteiger partial charge in [0.05, 0.1) is 17.2 Å². The average Bonchev–Trinajstić information content (AvgIpc) is 2.88. The Morgan fingerprint density at radius 3 is 3.00 bits per heavy atom. The van der Waals surface area contributed by atoms with Crippen LogP contribution in [0.4, 0.5) is 11.7 Å². The monoisotopic (exact) mass is 271 g/mol. The molecular formula is C12H9N5O3. The van der Waals surface area contributed by atoms with E-state index < -0.39 is 4.92 Å². The first-order chi connectivity index (χ1) is 9.72. The molecule has 0 radical (unpaired) electrons. The van der Waals surface area contributed by atoms with Gasteiger partial charge in [0.1, 0.15) is 5.52 Å². The van der Waals surface area contributed by atoms with Crippen LogP contribution in [-0.4, -0.2) is 20.1 Å². The summed E-state index contributed by atoms with van der Waals surface area (Å²) in [4.78, 5) is 14.3. The molecule has 0 fully saturated rings. The number of nitrogens with one attached hydrogen (secondary N) is 1. The third-order valence-corrected chi connectivity index (χ3v) is 2.63. The molecule has 0 atom stereocenters. The van der Waals surface area contributed by atoms with Crippen molar-refractivity contribution < 1.29 is 9.34 Å². The zero-order valence-corrected chi connectivity index (χ0v) is 10.2. The van der Waals surface area contributed by atoms with Crippen molar-refractivity contribution in [2.75, 3.05) is 5.32 Å². The summed E-state index contributed by atoms with van der Waals surface area (Å²) in [5, 5.41) is 21.3. The molecule has 0 unspecified atom stereocenters. The fraction of sp³-hybridized carbons (Fsp3) is 0.0833. The molecule has 2 aromatic heterocycles. The minimum absolute atomic E-state index is 0.0220. The second-order valence-electron chi connectivity index (χ2n) is 4.00. The van der Waals surface area contributed by atoms with Gasteiger partial charge in [-0.15, -0.1) is 0 Å². The molecule has 0 aliphatic rings. The normalized spacial score (nSPS) is 10.6. The fourth-order valence-corrected chi connectivity index (χ4v) is 1.70. The molecule has 8 heteroatoms. The molecule has 0 aliphatic carbocycles. The van der Waals surface area contributed by atoms with Crippen LogP contribution in [0, 0.1) is 10.1 Å². The lowest BCUT2D eigenvalue weighted by atomic mass is 10.3. The molecule has 20 heavy (non-hydrogen) atoms. The van der Waals surface area contributed by atoms with Crippen LogP contribution in [0.3, 0.4) is 0 Å². The second-order valence-corrected chi connectivity index (χ2v) is 4.00. The zero-order chi connectivity index (χ0) is 13.9. The number of hydrogen-bond acceptors (Lipinski definition) is 7. The Balaban J connectivity index is 1.80. The molecular weight excluding hydrogens is 262 g/mol. The number of rotatable bonds is 4. The summed E-state index contributed by atoms with van der Waals surface area (Å²) >= 11 is 0. The van der Waals surface area contributed by atoms with Gasteiger partial charge in [0.25, 0.3) is 11.7 Å². The maximum atomic E-state index is 10.7. The van der Waals surface area contributed by atoms with E-state index in [2.05, 4.69) is 20.5 Å². The molecule has 1 N–H and O–H groups in total. The molecule has 8 nitrogen and oxygen atoms in total. The maximum absolute atomic E-state index is 10.7. The highest BCUT2D eigenvalue weighted by molar-refractivity contribution is 5.77. The van der Waals surface area contributed by atoms with Gasteiger partial charge >= 0.3 is 0 Å². The van der Waals surface area contributed by atoms with E-state index in [1.807, 2.05) is 6.07 Å². The van der Waals surface area contributed by atoms with Gasteiger partial charge in [-0.1, -0.05) is 0 Å².